The second kappa shape index (κ2) is 8.27. The molecule has 3 aromatic rings. The fourth-order valence-corrected chi connectivity index (χ4v) is 3.48. The normalized spacial score (nSPS) is 11.1. The van der Waals surface area contributed by atoms with Gasteiger partial charge in [-0.05, 0) is 66.6 Å². The van der Waals surface area contributed by atoms with Crippen LogP contribution in [0.5, 0.6) is 11.5 Å². The Morgan fingerprint density at radius 1 is 0.929 bits per heavy atom. The molecule has 0 bridgehead atoms. The lowest BCUT2D eigenvalue weighted by Gasteiger charge is -2.09. The monoisotopic (exact) mass is 395 g/mol. The van der Waals surface area contributed by atoms with Crippen molar-refractivity contribution in [3.63, 3.8) is 0 Å². The zero-order chi connectivity index (χ0) is 20.1. The SMILES string of the molecule is Cc1cccc(Oc2ccc(NC(=O)c3ccc(CS(C)(=O)=O)cc3)cc2)c1. The summed E-state index contributed by atoms with van der Waals surface area (Å²) in [6, 6.07) is 21.4. The molecule has 0 spiro atoms. The molecule has 0 unspecified atom stereocenters. The van der Waals surface area contributed by atoms with Gasteiger partial charge in [-0.2, -0.15) is 0 Å². The van der Waals surface area contributed by atoms with Gasteiger partial charge < -0.3 is 10.1 Å². The van der Waals surface area contributed by atoms with Crippen LogP contribution in [-0.2, 0) is 15.6 Å². The number of rotatable bonds is 6. The zero-order valence-corrected chi connectivity index (χ0v) is 16.5. The largest absolute Gasteiger partial charge is 0.457 e. The molecule has 0 aliphatic heterocycles. The Labute approximate surface area is 164 Å². The van der Waals surface area contributed by atoms with Crippen molar-refractivity contribution in [1.82, 2.24) is 0 Å². The first-order chi connectivity index (χ1) is 13.3. The number of carbonyl (C=O) groups is 1. The van der Waals surface area contributed by atoms with E-state index in [1.807, 2.05) is 31.2 Å². The maximum absolute atomic E-state index is 12.4. The van der Waals surface area contributed by atoms with Crippen molar-refractivity contribution in [2.24, 2.45) is 0 Å². The van der Waals surface area contributed by atoms with Gasteiger partial charge in [0.1, 0.15) is 11.5 Å². The molecule has 144 valence electrons. The first-order valence-electron chi connectivity index (χ1n) is 8.71. The molecule has 5 nitrogen and oxygen atoms in total. The van der Waals surface area contributed by atoms with Crippen molar-refractivity contribution in [3.05, 3.63) is 89.5 Å². The summed E-state index contributed by atoms with van der Waals surface area (Å²) in [6.45, 7) is 2.00. The van der Waals surface area contributed by atoms with Gasteiger partial charge in [-0.3, -0.25) is 4.79 Å². The predicted octanol–water partition coefficient (Wildman–Crippen LogP) is 4.58. The molecule has 1 N–H and O–H groups in total. The Kier molecular flexibility index (Phi) is 5.80. The van der Waals surface area contributed by atoms with Gasteiger partial charge in [0.15, 0.2) is 9.84 Å². The van der Waals surface area contributed by atoms with E-state index in [-0.39, 0.29) is 11.7 Å². The van der Waals surface area contributed by atoms with Gasteiger partial charge in [-0.15, -0.1) is 0 Å². The average molecular weight is 395 g/mol. The Hall–Kier alpha value is -3.12. The van der Waals surface area contributed by atoms with E-state index >= 15 is 0 Å². The van der Waals surface area contributed by atoms with Crippen LogP contribution in [0.4, 0.5) is 5.69 Å². The molecule has 28 heavy (non-hydrogen) atoms. The quantitative estimate of drug-likeness (QED) is 0.663. The minimum Gasteiger partial charge on any atom is -0.457 e. The Morgan fingerprint density at radius 3 is 2.21 bits per heavy atom. The lowest BCUT2D eigenvalue weighted by molar-refractivity contribution is 0.102. The van der Waals surface area contributed by atoms with Crippen molar-refractivity contribution in [2.45, 2.75) is 12.7 Å². The van der Waals surface area contributed by atoms with Crippen LogP contribution in [0.1, 0.15) is 21.5 Å². The Balaban J connectivity index is 1.62. The van der Waals surface area contributed by atoms with Crippen LogP contribution in [0.3, 0.4) is 0 Å². The highest BCUT2D eigenvalue weighted by Gasteiger charge is 2.09. The molecule has 0 aliphatic carbocycles. The molecule has 0 aliphatic rings. The summed E-state index contributed by atoms with van der Waals surface area (Å²) in [5.41, 5.74) is 2.86. The van der Waals surface area contributed by atoms with Gasteiger partial charge in [0, 0.05) is 17.5 Å². The van der Waals surface area contributed by atoms with Gasteiger partial charge >= 0.3 is 0 Å². The van der Waals surface area contributed by atoms with E-state index in [2.05, 4.69) is 5.32 Å². The molecule has 3 rings (SSSR count). The van der Waals surface area contributed by atoms with Crippen LogP contribution in [0.2, 0.25) is 0 Å². The molecular weight excluding hydrogens is 374 g/mol. The first kappa shape index (κ1) is 19.6. The summed E-state index contributed by atoms with van der Waals surface area (Å²) in [7, 11) is -3.10. The highest BCUT2D eigenvalue weighted by atomic mass is 32.2. The number of aryl methyl sites for hydroxylation is 1. The minimum atomic E-state index is -3.10. The summed E-state index contributed by atoms with van der Waals surface area (Å²) in [5.74, 6) is 1.12. The van der Waals surface area contributed by atoms with Crippen molar-refractivity contribution in [3.8, 4) is 11.5 Å². The lowest BCUT2D eigenvalue weighted by Crippen LogP contribution is -2.12. The number of carbonyl (C=O) groups excluding carboxylic acids is 1. The maximum Gasteiger partial charge on any atom is 0.255 e. The van der Waals surface area contributed by atoms with Crippen LogP contribution in [-0.4, -0.2) is 20.6 Å². The van der Waals surface area contributed by atoms with E-state index in [4.69, 9.17) is 4.74 Å². The molecule has 1 amide bonds. The van der Waals surface area contributed by atoms with Gasteiger partial charge in [0.25, 0.3) is 5.91 Å². The smallest absolute Gasteiger partial charge is 0.255 e. The van der Waals surface area contributed by atoms with Crippen LogP contribution in [0.15, 0.2) is 72.8 Å². The summed E-state index contributed by atoms with van der Waals surface area (Å²) in [5, 5.41) is 2.81. The molecule has 0 atom stereocenters. The van der Waals surface area contributed by atoms with E-state index in [9.17, 15) is 13.2 Å². The third kappa shape index (κ3) is 5.69. The number of sulfone groups is 1. The van der Waals surface area contributed by atoms with E-state index in [0.717, 1.165) is 11.3 Å². The fourth-order valence-electron chi connectivity index (χ4n) is 2.68. The van der Waals surface area contributed by atoms with E-state index in [0.29, 0.717) is 22.6 Å². The van der Waals surface area contributed by atoms with E-state index in [1.54, 1.807) is 48.5 Å². The van der Waals surface area contributed by atoms with Gasteiger partial charge in [0.05, 0.1) is 5.75 Å². The number of benzene rings is 3. The van der Waals surface area contributed by atoms with E-state index < -0.39 is 9.84 Å². The third-order valence-electron chi connectivity index (χ3n) is 3.98. The second-order valence-electron chi connectivity index (χ2n) is 6.66. The molecule has 0 saturated heterocycles. The number of amides is 1. The number of hydrogen-bond acceptors (Lipinski definition) is 4. The van der Waals surface area contributed by atoms with Gasteiger partial charge in [-0.1, -0.05) is 24.3 Å². The topological polar surface area (TPSA) is 72.5 Å². The van der Waals surface area contributed by atoms with Crippen molar-refractivity contribution >= 4 is 21.4 Å². The number of nitrogens with one attached hydrogen (secondary N) is 1. The molecule has 0 fully saturated rings. The molecule has 0 radical (unpaired) electrons. The molecule has 6 heteroatoms. The lowest BCUT2D eigenvalue weighted by atomic mass is 10.1. The fraction of sp³-hybridized carbons (Fsp3) is 0.136. The van der Waals surface area contributed by atoms with Crippen LogP contribution in [0.25, 0.3) is 0 Å². The van der Waals surface area contributed by atoms with Crippen LogP contribution in [0, 0.1) is 6.92 Å². The van der Waals surface area contributed by atoms with Crippen molar-refractivity contribution in [2.75, 3.05) is 11.6 Å². The molecule has 0 heterocycles. The predicted molar refractivity (Wildman–Crippen MR) is 111 cm³/mol. The van der Waals surface area contributed by atoms with Crippen LogP contribution < -0.4 is 10.1 Å². The summed E-state index contributed by atoms with van der Waals surface area (Å²) in [6.07, 6.45) is 1.18. The first-order valence-corrected chi connectivity index (χ1v) is 10.8. The minimum absolute atomic E-state index is 0.0443. The molecule has 3 aromatic carbocycles. The summed E-state index contributed by atoms with van der Waals surface area (Å²) < 4.78 is 28.5. The van der Waals surface area contributed by atoms with Crippen molar-refractivity contribution < 1.29 is 17.9 Å². The average Bonchev–Trinajstić information content (AvgIpc) is 2.63. The third-order valence-corrected chi connectivity index (χ3v) is 4.84. The highest BCUT2D eigenvalue weighted by Crippen LogP contribution is 2.24. The van der Waals surface area contributed by atoms with Crippen LogP contribution >= 0.6 is 0 Å². The molecule has 0 saturated carbocycles. The second-order valence-corrected chi connectivity index (χ2v) is 8.80. The Bertz CT molecular complexity index is 1070. The maximum atomic E-state index is 12.4. The number of anilines is 1. The number of ether oxygens (including phenoxy) is 1. The number of hydrogen-bond donors (Lipinski definition) is 1. The summed E-state index contributed by atoms with van der Waals surface area (Å²) >= 11 is 0. The van der Waals surface area contributed by atoms with E-state index in [1.165, 1.54) is 6.26 Å². The molecular formula is C22H21NO4S. The highest BCUT2D eigenvalue weighted by molar-refractivity contribution is 7.89. The zero-order valence-electron chi connectivity index (χ0n) is 15.7. The van der Waals surface area contributed by atoms with Crippen molar-refractivity contribution in [1.29, 1.82) is 0 Å². The molecule has 0 aromatic heterocycles. The van der Waals surface area contributed by atoms with Gasteiger partial charge in [-0.25, -0.2) is 8.42 Å². The Morgan fingerprint density at radius 2 is 1.61 bits per heavy atom. The van der Waals surface area contributed by atoms with Gasteiger partial charge in [0.2, 0.25) is 0 Å². The summed E-state index contributed by atoms with van der Waals surface area (Å²) in [4.78, 5) is 12.4. The standard InChI is InChI=1S/C22H21NO4S/c1-16-4-3-5-21(14-16)27-20-12-10-19(11-13-20)23-22(24)18-8-6-17(7-9-18)15-28(2,25)26/h3-14H,15H2,1-2H3,(H,23,24).